The molecule has 1 aromatic rings. The first-order valence-electron chi connectivity index (χ1n) is 9.48. The van der Waals surface area contributed by atoms with Crippen molar-refractivity contribution in [2.24, 2.45) is 23.7 Å². The zero-order valence-electron chi connectivity index (χ0n) is 14.9. The summed E-state index contributed by atoms with van der Waals surface area (Å²) in [4.78, 5) is 25.4. The Morgan fingerprint density at radius 2 is 1.85 bits per heavy atom. The van der Waals surface area contributed by atoms with E-state index in [9.17, 15) is 9.59 Å². The third-order valence-electron chi connectivity index (χ3n) is 6.64. The van der Waals surface area contributed by atoms with Crippen molar-refractivity contribution in [3.05, 3.63) is 35.9 Å². The highest BCUT2D eigenvalue weighted by Crippen LogP contribution is 2.65. The summed E-state index contributed by atoms with van der Waals surface area (Å²) in [5.74, 6) is 2.18. The third kappa shape index (κ3) is 2.36. The maximum absolute atomic E-state index is 12.9. The van der Waals surface area contributed by atoms with E-state index in [1.807, 2.05) is 12.1 Å². The molecule has 0 atom stereocenters. The van der Waals surface area contributed by atoms with Crippen LogP contribution in [0.15, 0.2) is 35.2 Å². The molecule has 1 N–H and O–H groups in total. The van der Waals surface area contributed by atoms with Gasteiger partial charge in [0, 0.05) is 28.0 Å². The summed E-state index contributed by atoms with van der Waals surface area (Å²) in [5, 5.41) is 2.78. The van der Waals surface area contributed by atoms with Crippen LogP contribution in [0, 0.1) is 23.7 Å². The van der Waals surface area contributed by atoms with E-state index in [0.717, 1.165) is 16.7 Å². The van der Waals surface area contributed by atoms with Crippen molar-refractivity contribution >= 4 is 29.3 Å². The number of esters is 1. The second-order valence-electron chi connectivity index (χ2n) is 8.46. The average Bonchev–Trinajstić information content (AvgIpc) is 2.59. The molecule has 0 aromatic heterocycles. The van der Waals surface area contributed by atoms with Crippen LogP contribution in [0.5, 0.6) is 0 Å². The number of ether oxygens (including phenoxy) is 1. The van der Waals surface area contributed by atoms with E-state index in [2.05, 4.69) is 11.9 Å². The Morgan fingerprint density at radius 1 is 1.19 bits per heavy atom. The minimum absolute atomic E-state index is 0.237. The molecule has 1 amide bonds. The van der Waals surface area contributed by atoms with Gasteiger partial charge in [-0.1, -0.05) is 18.3 Å². The topological polar surface area (TPSA) is 55.4 Å². The number of rotatable bonds is 2. The Balaban J connectivity index is 1.46. The lowest BCUT2D eigenvalue weighted by Gasteiger charge is -2.60. The van der Waals surface area contributed by atoms with E-state index < -0.39 is 0 Å². The Labute approximate surface area is 157 Å². The summed E-state index contributed by atoms with van der Waals surface area (Å²) in [7, 11) is 0. The highest BCUT2D eigenvalue weighted by molar-refractivity contribution is 8.00. The smallest absolute Gasteiger partial charge is 0.340 e. The molecule has 1 heterocycles. The molecule has 1 aromatic carbocycles. The van der Waals surface area contributed by atoms with Crippen LogP contribution in [0.1, 0.15) is 49.4 Å². The van der Waals surface area contributed by atoms with Crippen molar-refractivity contribution in [1.29, 1.82) is 0 Å². The molecule has 5 aliphatic rings. The Hall–Kier alpha value is -1.75. The zero-order chi connectivity index (χ0) is 18.1. The van der Waals surface area contributed by atoms with E-state index in [0.29, 0.717) is 28.7 Å². The predicted molar refractivity (Wildman–Crippen MR) is 101 cm³/mol. The molecular formula is C21H23NO3S. The van der Waals surface area contributed by atoms with E-state index >= 15 is 0 Å². The zero-order valence-corrected chi connectivity index (χ0v) is 15.7. The second-order valence-corrected chi connectivity index (χ2v) is 9.74. The average molecular weight is 369 g/mol. The molecular weight excluding hydrogens is 346 g/mol. The first kappa shape index (κ1) is 16.4. The summed E-state index contributed by atoms with van der Waals surface area (Å²) >= 11 is 1.76. The van der Waals surface area contributed by atoms with Crippen LogP contribution < -0.4 is 5.32 Å². The number of hydrogen-bond acceptors (Lipinski definition) is 4. The standard InChI is InChI=1S/C21H23NO3S/c1-11(2)19(23)22-16-3-4-18-17(10-16)20(24)25-21(26-18)14-6-12-5-13(8-14)9-15(21)7-12/h3-4,10,12-15H,1,5-9H2,2H3,(H,22,23). The maximum Gasteiger partial charge on any atom is 0.340 e. The van der Waals surface area contributed by atoms with Crippen LogP contribution in [-0.2, 0) is 9.53 Å². The molecule has 4 fully saturated rings. The molecule has 136 valence electrons. The monoisotopic (exact) mass is 369 g/mol. The predicted octanol–water partition coefficient (Wildman–Crippen LogP) is 4.62. The molecule has 4 saturated carbocycles. The van der Waals surface area contributed by atoms with Gasteiger partial charge in [0.2, 0.25) is 0 Å². The second kappa shape index (κ2) is 5.62. The van der Waals surface area contributed by atoms with E-state index in [1.54, 1.807) is 24.8 Å². The fourth-order valence-corrected chi connectivity index (χ4v) is 7.23. The van der Waals surface area contributed by atoms with Crippen LogP contribution >= 0.6 is 11.8 Å². The number of benzene rings is 1. The van der Waals surface area contributed by atoms with Crippen molar-refractivity contribution in [1.82, 2.24) is 0 Å². The highest BCUT2D eigenvalue weighted by atomic mass is 32.2. The number of carbonyl (C=O) groups is 2. The molecule has 1 aliphatic heterocycles. The summed E-state index contributed by atoms with van der Waals surface area (Å²) < 4.78 is 6.18. The van der Waals surface area contributed by atoms with Crippen LogP contribution in [-0.4, -0.2) is 16.8 Å². The van der Waals surface area contributed by atoms with Gasteiger partial charge in [0.15, 0.2) is 4.93 Å². The van der Waals surface area contributed by atoms with Gasteiger partial charge in [-0.05, 0) is 69.1 Å². The van der Waals surface area contributed by atoms with Gasteiger partial charge in [0.05, 0.1) is 5.56 Å². The van der Waals surface area contributed by atoms with Crippen molar-refractivity contribution in [3.8, 4) is 0 Å². The fourth-order valence-electron chi connectivity index (χ4n) is 5.66. The molecule has 4 nitrogen and oxygen atoms in total. The van der Waals surface area contributed by atoms with Gasteiger partial charge in [-0.15, -0.1) is 0 Å². The number of amides is 1. The lowest BCUT2D eigenvalue weighted by atomic mass is 9.54. The quantitative estimate of drug-likeness (QED) is 0.611. The Bertz CT molecular complexity index is 803. The van der Waals surface area contributed by atoms with Crippen LogP contribution in [0.4, 0.5) is 5.69 Å². The normalized spacial score (nSPS) is 36.6. The minimum atomic E-state index is -0.361. The number of carbonyl (C=O) groups excluding carboxylic acids is 2. The first-order valence-corrected chi connectivity index (χ1v) is 10.3. The lowest BCUT2D eigenvalue weighted by molar-refractivity contribution is -0.124. The number of fused-ring (bicyclic) bond motifs is 1. The molecule has 0 saturated heterocycles. The van der Waals surface area contributed by atoms with E-state index in [1.165, 1.54) is 32.1 Å². The molecule has 0 radical (unpaired) electrons. The van der Waals surface area contributed by atoms with Gasteiger partial charge in [-0.3, -0.25) is 4.79 Å². The van der Waals surface area contributed by atoms with Crippen LogP contribution in [0.2, 0.25) is 0 Å². The van der Waals surface area contributed by atoms with Gasteiger partial charge in [0.1, 0.15) is 0 Å². The molecule has 0 unspecified atom stereocenters. The van der Waals surface area contributed by atoms with Crippen LogP contribution in [0.25, 0.3) is 0 Å². The number of thioether (sulfide) groups is 1. The molecule has 4 bridgehead atoms. The Kier molecular flexibility index (Phi) is 3.55. The molecule has 6 rings (SSSR count). The largest absolute Gasteiger partial charge is 0.443 e. The van der Waals surface area contributed by atoms with Crippen molar-refractivity contribution in [3.63, 3.8) is 0 Å². The van der Waals surface area contributed by atoms with Crippen molar-refractivity contribution < 1.29 is 14.3 Å². The molecule has 26 heavy (non-hydrogen) atoms. The first-order chi connectivity index (χ1) is 12.4. The van der Waals surface area contributed by atoms with Crippen molar-refractivity contribution in [2.75, 3.05) is 5.32 Å². The molecule has 4 aliphatic carbocycles. The molecule has 1 spiro atoms. The van der Waals surface area contributed by atoms with Gasteiger partial charge < -0.3 is 10.1 Å². The number of nitrogens with one attached hydrogen (secondary N) is 1. The summed E-state index contributed by atoms with van der Waals surface area (Å²) in [6, 6.07) is 5.56. The number of hydrogen-bond donors (Lipinski definition) is 1. The maximum atomic E-state index is 12.9. The lowest BCUT2D eigenvalue weighted by Crippen LogP contribution is -2.58. The van der Waals surface area contributed by atoms with Gasteiger partial charge >= 0.3 is 5.97 Å². The number of anilines is 1. The van der Waals surface area contributed by atoms with Gasteiger partial charge in [-0.25, -0.2) is 4.79 Å². The summed E-state index contributed by atoms with van der Waals surface area (Å²) in [6.45, 7) is 5.31. The van der Waals surface area contributed by atoms with Crippen LogP contribution in [0.3, 0.4) is 0 Å². The fraction of sp³-hybridized carbons (Fsp3) is 0.524. The molecule has 5 heteroatoms. The SMILES string of the molecule is C=C(C)C(=O)Nc1ccc2c(c1)C(=O)OC1(S2)C2CC3CC(C2)CC1C3. The minimum Gasteiger partial charge on any atom is -0.443 e. The van der Waals surface area contributed by atoms with E-state index in [4.69, 9.17) is 4.74 Å². The summed E-state index contributed by atoms with van der Waals surface area (Å²) in [5.41, 5.74) is 1.61. The van der Waals surface area contributed by atoms with E-state index in [-0.39, 0.29) is 16.8 Å². The van der Waals surface area contributed by atoms with Gasteiger partial charge in [0.25, 0.3) is 5.91 Å². The van der Waals surface area contributed by atoms with Gasteiger partial charge in [-0.2, -0.15) is 0 Å². The third-order valence-corrected chi connectivity index (χ3v) is 8.29. The highest BCUT2D eigenvalue weighted by Gasteiger charge is 2.61. The Morgan fingerprint density at radius 3 is 2.46 bits per heavy atom. The van der Waals surface area contributed by atoms with Crippen molar-refractivity contribution in [2.45, 2.75) is 48.9 Å². The summed E-state index contributed by atoms with van der Waals surface area (Å²) in [6.07, 6.45) is 6.19.